The fourth-order valence-corrected chi connectivity index (χ4v) is 7.68. The van der Waals surface area contributed by atoms with Gasteiger partial charge in [0.25, 0.3) is 0 Å². The molecule has 5 aromatic rings. The first-order valence-corrected chi connectivity index (χ1v) is 15.9. The minimum atomic E-state index is -0.691. The molecule has 3 N–H and O–H groups in total. The quantitative estimate of drug-likeness (QED) is 0.143. The molecule has 0 amide bonds. The Morgan fingerprint density at radius 3 is 2.11 bits per heavy atom. The van der Waals surface area contributed by atoms with Crippen molar-refractivity contribution in [1.82, 2.24) is 0 Å². The maximum absolute atomic E-state index is 13.4. The zero-order chi connectivity index (χ0) is 30.6. The molecule has 1 aliphatic rings. The van der Waals surface area contributed by atoms with E-state index in [-0.39, 0.29) is 28.6 Å². The molecule has 1 aliphatic heterocycles. The molecule has 5 aromatic carbocycles. The van der Waals surface area contributed by atoms with Gasteiger partial charge in [0.05, 0.1) is 12.1 Å². The monoisotopic (exact) mass is 621 g/mol. The topological polar surface area (TPSA) is 63.9 Å². The lowest BCUT2D eigenvalue weighted by Gasteiger charge is -2.30. The van der Waals surface area contributed by atoms with Crippen molar-refractivity contribution in [3.05, 3.63) is 138 Å². The van der Waals surface area contributed by atoms with Crippen LogP contribution in [-0.4, -0.2) is 24.9 Å². The van der Waals surface area contributed by atoms with E-state index < -0.39 is 6.10 Å². The molecule has 1 fully saturated rings. The van der Waals surface area contributed by atoms with Crippen LogP contribution in [0.1, 0.15) is 42.5 Å². The van der Waals surface area contributed by atoms with Gasteiger partial charge in [0.15, 0.2) is 0 Å². The van der Waals surface area contributed by atoms with Gasteiger partial charge in [-0.3, -0.25) is 0 Å². The number of thiocarbonyl (C=S) groups is 1. The Morgan fingerprint density at radius 2 is 1.41 bits per heavy atom. The van der Waals surface area contributed by atoms with Crippen molar-refractivity contribution in [2.75, 3.05) is 4.90 Å². The average molecular weight is 622 g/mol. The highest BCUT2D eigenvalue weighted by Gasteiger charge is 2.41. The van der Waals surface area contributed by atoms with E-state index in [1.54, 1.807) is 48.2 Å². The molecule has 0 saturated carbocycles. The van der Waals surface area contributed by atoms with Crippen molar-refractivity contribution in [3.8, 4) is 33.8 Å². The SMILES string of the molecule is Oc1cccc(-c2ccc(C3C(CCCC(O)c4ccc(F)cc4)SC(=S)N3c3ccc(-c4ccccc4)cc3)c(O)c2)c1. The molecule has 222 valence electrons. The lowest BCUT2D eigenvalue weighted by atomic mass is 9.93. The van der Waals surface area contributed by atoms with Gasteiger partial charge in [0.2, 0.25) is 0 Å². The number of hydrogen-bond acceptors (Lipinski definition) is 5. The molecule has 0 aromatic heterocycles. The maximum Gasteiger partial charge on any atom is 0.141 e. The molecular formula is C37H32FNO3S2. The fourth-order valence-electron chi connectivity index (χ4n) is 5.82. The Bertz CT molecular complexity index is 1750. The molecule has 0 bridgehead atoms. The van der Waals surface area contributed by atoms with Crippen LogP contribution < -0.4 is 4.90 Å². The van der Waals surface area contributed by atoms with Gasteiger partial charge < -0.3 is 20.2 Å². The maximum atomic E-state index is 13.4. The highest BCUT2D eigenvalue weighted by Crippen LogP contribution is 2.49. The zero-order valence-electron chi connectivity index (χ0n) is 23.9. The van der Waals surface area contributed by atoms with Gasteiger partial charge >= 0.3 is 0 Å². The number of hydrogen-bond donors (Lipinski definition) is 3. The first kappa shape index (κ1) is 29.9. The number of anilines is 1. The summed E-state index contributed by atoms with van der Waals surface area (Å²) in [6.07, 6.45) is 1.30. The third-order valence-corrected chi connectivity index (χ3v) is 9.76. The number of phenols is 2. The van der Waals surface area contributed by atoms with E-state index in [4.69, 9.17) is 12.2 Å². The van der Waals surface area contributed by atoms with Crippen molar-refractivity contribution in [2.45, 2.75) is 36.7 Å². The number of phenolic OH excluding ortho intramolecular Hbond substituents is 2. The average Bonchev–Trinajstić information content (AvgIpc) is 3.36. The van der Waals surface area contributed by atoms with Crippen molar-refractivity contribution in [3.63, 3.8) is 0 Å². The van der Waals surface area contributed by atoms with E-state index in [1.165, 1.54) is 12.1 Å². The van der Waals surface area contributed by atoms with Crippen molar-refractivity contribution >= 4 is 34.0 Å². The Balaban J connectivity index is 1.29. The van der Waals surface area contributed by atoms with Crippen LogP contribution in [0.2, 0.25) is 0 Å². The molecule has 0 aliphatic carbocycles. The summed E-state index contributed by atoms with van der Waals surface area (Å²) in [7, 11) is 0. The molecule has 1 saturated heterocycles. The molecule has 3 unspecified atom stereocenters. The largest absolute Gasteiger partial charge is 0.508 e. The standard InChI is InChI=1S/C37H32FNO3S2/c38-29-17-12-26(13-18-29)33(41)10-5-11-35-36(32-21-16-28(23-34(32)42)27-8-4-9-31(40)22-27)39(37(43)44-35)30-19-14-25(15-20-30)24-6-2-1-3-7-24/h1-4,6-9,12-23,33,35-36,40-42H,5,10-11H2. The fraction of sp³-hybridized carbons (Fsp3) is 0.162. The first-order valence-electron chi connectivity index (χ1n) is 14.6. The normalized spacial score (nSPS) is 17.1. The van der Waals surface area contributed by atoms with E-state index >= 15 is 0 Å². The van der Waals surface area contributed by atoms with Gasteiger partial charge in [0, 0.05) is 16.5 Å². The predicted molar refractivity (Wildman–Crippen MR) is 181 cm³/mol. The van der Waals surface area contributed by atoms with Crippen molar-refractivity contribution in [2.24, 2.45) is 0 Å². The number of aromatic hydroxyl groups is 2. The highest BCUT2D eigenvalue weighted by atomic mass is 32.2. The van der Waals surface area contributed by atoms with Gasteiger partial charge in [-0.15, -0.1) is 0 Å². The van der Waals surface area contributed by atoms with Crippen molar-refractivity contribution < 1.29 is 19.7 Å². The minimum absolute atomic E-state index is 0.0224. The first-order chi connectivity index (χ1) is 21.4. The third kappa shape index (κ3) is 6.50. The molecular weight excluding hydrogens is 590 g/mol. The van der Waals surface area contributed by atoms with Gasteiger partial charge in [-0.2, -0.15) is 0 Å². The number of thioether (sulfide) groups is 1. The van der Waals surface area contributed by atoms with E-state index in [0.717, 1.165) is 50.7 Å². The van der Waals surface area contributed by atoms with Crippen LogP contribution in [0, 0.1) is 5.82 Å². The lowest BCUT2D eigenvalue weighted by Crippen LogP contribution is -2.29. The van der Waals surface area contributed by atoms with Crippen LogP contribution in [-0.2, 0) is 0 Å². The summed E-state index contributed by atoms with van der Waals surface area (Å²) in [5.74, 6) is -0.00791. The summed E-state index contributed by atoms with van der Waals surface area (Å²) in [4.78, 5) is 2.12. The third-order valence-electron chi connectivity index (χ3n) is 8.08. The van der Waals surface area contributed by atoms with Gasteiger partial charge in [-0.05, 0) is 89.5 Å². The van der Waals surface area contributed by atoms with Gasteiger partial charge in [-0.1, -0.05) is 103 Å². The lowest BCUT2D eigenvalue weighted by molar-refractivity contribution is 0.163. The molecule has 6 rings (SSSR count). The summed E-state index contributed by atoms with van der Waals surface area (Å²) in [5, 5.41) is 32.2. The molecule has 0 radical (unpaired) electrons. The van der Waals surface area contributed by atoms with Crippen LogP contribution in [0.4, 0.5) is 10.1 Å². The number of halogens is 1. The molecule has 4 nitrogen and oxygen atoms in total. The number of benzene rings is 5. The number of aliphatic hydroxyl groups excluding tert-OH is 1. The van der Waals surface area contributed by atoms with Crippen molar-refractivity contribution in [1.29, 1.82) is 0 Å². The molecule has 1 heterocycles. The summed E-state index contributed by atoms with van der Waals surface area (Å²) in [6, 6.07) is 36.9. The number of nitrogens with zero attached hydrogens (tertiary/aromatic N) is 1. The Morgan fingerprint density at radius 1 is 0.750 bits per heavy atom. The second-order valence-corrected chi connectivity index (χ2v) is 12.8. The molecule has 44 heavy (non-hydrogen) atoms. The van der Waals surface area contributed by atoms with Gasteiger partial charge in [-0.25, -0.2) is 4.39 Å². The van der Waals surface area contributed by atoms with E-state index in [0.29, 0.717) is 12.0 Å². The Kier molecular flexibility index (Phi) is 8.98. The highest BCUT2D eigenvalue weighted by molar-refractivity contribution is 8.24. The Labute approximate surface area is 266 Å². The predicted octanol–water partition coefficient (Wildman–Crippen LogP) is 9.42. The summed E-state index contributed by atoms with van der Waals surface area (Å²) < 4.78 is 14.1. The minimum Gasteiger partial charge on any atom is -0.508 e. The van der Waals surface area contributed by atoms with Crippen LogP contribution in [0.15, 0.2) is 121 Å². The summed E-state index contributed by atoms with van der Waals surface area (Å²) in [6.45, 7) is 0. The molecule has 7 heteroatoms. The van der Waals surface area contributed by atoms with Crippen LogP contribution in [0.3, 0.4) is 0 Å². The van der Waals surface area contributed by atoms with E-state index in [1.807, 2.05) is 36.4 Å². The second-order valence-electron chi connectivity index (χ2n) is 11.0. The molecule has 0 spiro atoms. The summed E-state index contributed by atoms with van der Waals surface area (Å²) in [5.41, 5.74) is 6.24. The van der Waals surface area contributed by atoms with Crippen LogP contribution >= 0.6 is 24.0 Å². The second kappa shape index (κ2) is 13.2. The smallest absolute Gasteiger partial charge is 0.141 e. The number of rotatable bonds is 9. The number of aliphatic hydroxyl groups is 1. The molecule has 3 atom stereocenters. The summed E-state index contributed by atoms with van der Waals surface area (Å²) >= 11 is 7.56. The van der Waals surface area contributed by atoms with Gasteiger partial charge in [0.1, 0.15) is 21.6 Å². The van der Waals surface area contributed by atoms with E-state index in [2.05, 4.69) is 41.3 Å². The zero-order valence-corrected chi connectivity index (χ0v) is 25.5. The van der Waals surface area contributed by atoms with Crippen LogP contribution in [0.5, 0.6) is 11.5 Å². The van der Waals surface area contributed by atoms with E-state index in [9.17, 15) is 19.7 Å². The Hall–Kier alpha value is -4.17. The van der Waals surface area contributed by atoms with Crippen LogP contribution in [0.25, 0.3) is 22.3 Å².